The highest BCUT2D eigenvalue weighted by atomic mass is 16.4. The maximum absolute atomic E-state index is 11.1. The van der Waals surface area contributed by atoms with Crippen LogP contribution in [0.25, 0.3) is 0 Å². The van der Waals surface area contributed by atoms with Gasteiger partial charge in [-0.25, -0.2) is 0 Å². The van der Waals surface area contributed by atoms with E-state index >= 15 is 0 Å². The number of rotatable bonds is 7. The SMILES string of the molecule is CC1CC(C)(C)CCC1NC1CC(N(CC(=O)O)CC2CC2)C1. The van der Waals surface area contributed by atoms with Gasteiger partial charge in [0.2, 0.25) is 0 Å². The summed E-state index contributed by atoms with van der Waals surface area (Å²) in [6, 6.07) is 1.74. The summed E-state index contributed by atoms with van der Waals surface area (Å²) in [5, 5.41) is 13.0. The monoisotopic (exact) mass is 322 g/mol. The van der Waals surface area contributed by atoms with Gasteiger partial charge in [0.15, 0.2) is 0 Å². The first kappa shape index (κ1) is 17.2. The molecule has 0 saturated heterocycles. The average molecular weight is 322 g/mol. The summed E-state index contributed by atoms with van der Waals surface area (Å²) < 4.78 is 0. The molecule has 0 aromatic carbocycles. The number of nitrogens with zero attached hydrogens (tertiary/aromatic N) is 1. The van der Waals surface area contributed by atoms with Crippen LogP contribution in [0.3, 0.4) is 0 Å². The topological polar surface area (TPSA) is 52.6 Å². The highest BCUT2D eigenvalue weighted by molar-refractivity contribution is 5.69. The lowest BCUT2D eigenvalue weighted by Gasteiger charge is -2.47. The molecule has 2 atom stereocenters. The van der Waals surface area contributed by atoms with Crippen molar-refractivity contribution < 1.29 is 9.90 Å². The molecule has 2 N–H and O–H groups in total. The molecule has 0 aliphatic heterocycles. The van der Waals surface area contributed by atoms with Gasteiger partial charge in [-0.1, -0.05) is 20.8 Å². The molecule has 4 heteroatoms. The van der Waals surface area contributed by atoms with Gasteiger partial charge in [0.1, 0.15) is 0 Å². The molecule has 0 radical (unpaired) electrons. The Balaban J connectivity index is 1.43. The van der Waals surface area contributed by atoms with E-state index in [4.69, 9.17) is 5.11 Å². The first-order valence-corrected chi connectivity index (χ1v) is 9.54. The normalized spacial score (nSPS) is 36.7. The Kier molecular flexibility index (Phi) is 5.03. The molecule has 0 heterocycles. The summed E-state index contributed by atoms with van der Waals surface area (Å²) in [4.78, 5) is 13.3. The number of carboxylic acids is 1. The molecule has 2 unspecified atom stereocenters. The second-order valence-corrected chi connectivity index (χ2v) is 9.25. The van der Waals surface area contributed by atoms with E-state index in [9.17, 15) is 4.79 Å². The van der Waals surface area contributed by atoms with Crippen LogP contribution < -0.4 is 5.32 Å². The molecule has 0 bridgehead atoms. The van der Waals surface area contributed by atoms with E-state index in [2.05, 4.69) is 31.0 Å². The van der Waals surface area contributed by atoms with Crippen molar-refractivity contribution >= 4 is 5.97 Å². The molecule has 3 fully saturated rings. The Morgan fingerprint density at radius 1 is 1.26 bits per heavy atom. The summed E-state index contributed by atoms with van der Waals surface area (Å²) >= 11 is 0. The first-order valence-electron chi connectivity index (χ1n) is 9.54. The molecule has 0 spiro atoms. The Labute approximate surface area is 141 Å². The molecular formula is C19H34N2O2. The highest BCUT2D eigenvalue weighted by Crippen LogP contribution is 2.40. The Hall–Kier alpha value is -0.610. The van der Waals surface area contributed by atoms with Crippen LogP contribution in [0.4, 0.5) is 0 Å². The van der Waals surface area contributed by atoms with Crippen LogP contribution in [0.2, 0.25) is 0 Å². The molecule has 3 saturated carbocycles. The summed E-state index contributed by atoms with van der Waals surface area (Å²) in [6.45, 7) is 8.39. The van der Waals surface area contributed by atoms with Crippen LogP contribution in [-0.2, 0) is 4.79 Å². The van der Waals surface area contributed by atoms with Crippen LogP contribution in [0, 0.1) is 17.3 Å². The smallest absolute Gasteiger partial charge is 0.317 e. The van der Waals surface area contributed by atoms with Crippen LogP contribution in [0.1, 0.15) is 65.7 Å². The largest absolute Gasteiger partial charge is 0.480 e. The predicted octanol–water partition coefficient (Wildman–Crippen LogP) is 3.12. The number of nitrogens with one attached hydrogen (secondary N) is 1. The molecule has 3 rings (SSSR count). The lowest BCUT2D eigenvalue weighted by Crippen LogP contribution is -2.57. The summed E-state index contributed by atoms with van der Waals surface area (Å²) in [7, 11) is 0. The predicted molar refractivity (Wildman–Crippen MR) is 92.5 cm³/mol. The molecule has 3 aliphatic rings. The lowest BCUT2D eigenvalue weighted by atomic mass is 9.70. The van der Waals surface area contributed by atoms with E-state index in [1.165, 1.54) is 32.1 Å². The number of aliphatic carboxylic acids is 1. The van der Waals surface area contributed by atoms with Crippen molar-refractivity contribution in [3.63, 3.8) is 0 Å². The van der Waals surface area contributed by atoms with Gasteiger partial charge in [0, 0.05) is 24.7 Å². The summed E-state index contributed by atoms with van der Waals surface area (Å²) in [5.41, 5.74) is 0.502. The van der Waals surface area contributed by atoms with Crippen molar-refractivity contribution in [1.29, 1.82) is 0 Å². The van der Waals surface area contributed by atoms with Gasteiger partial charge in [-0.05, 0) is 62.2 Å². The van der Waals surface area contributed by atoms with Crippen molar-refractivity contribution in [2.45, 2.75) is 83.8 Å². The standard InChI is InChI=1S/C19H34N2O2/c1-13-10-19(2,3)7-6-17(13)20-15-8-16(9-15)21(12-18(22)23)11-14-4-5-14/h13-17,20H,4-12H2,1-3H3,(H,22,23). The second kappa shape index (κ2) is 6.72. The van der Waals surface area contributed by atoms with Gasteiger partial charge in [0.25, 0.3) is 0 Å². The molecule has 4 nitrogen and oxygen atoms in total. The number of hydrogen-bond acceptors (Lipinski definition) is 3. The fourth-order valence-corrected chi connectivity index (χ4v) is 4.67. The first-order chi connectivity index (χ1) is 10.8. The molecule has 23 heavy (non-hydrogen) atoms. The maximum atomic E-state index is 11.1. The minimum absolute atomic E-state index is 0.224. The zero-order valence-corrected chi connectivity index (χ0v) is 15.1. The van der Waals surface area contributed by atoms with Gasteiger partial charge < -0.3 is 10.4 Å². The van der Waals surface area contributed by atoms with E-state index in [1.807, 2.05) is 0 Å². The highest BCUT2D eigenvalue weighted by Gasteiger charge is 2.40. The summed E-state index contributed by atoms with van der Waals surface area (Å²) in [5.74, 6) is 0.839. The van der Waals surface area contributed by atoms with Crippen molar-refractivity contribution in [3.05, 3.63) is 0 Å². The zero-order chi connectivity index (χ0) is 16.6. The molecule has 0 aromatic rings. The third-order valence-electron chi connectivity index (χ3n) is 6.30. The number of carbonyl (C=O) groups is 1. The number of carboxylic acid groups (broad SMARTS) is 1. The minimum Gasteiger partial charge on any atom is -0.480 e. The van der Waals surface area contributed by atoms with Crippen LogP contribution in [0.5, 0.6) is 0 Å². The van der Waals surface area contributed by atoms with E-state index in [0.29, 0.717) is 23.5 Å². The molecule has 3 aliphatic carbocycles. The van der Waals surface area contributed by atoms with Gasteiger partial charge in [-0.2, -0.15) is 0 Å². The third-order valence-corrected chi connectivity index (χ3v) is 6.30. The van der Waals surface area contributed by atoms with E-state index in [0.717, 1.165) is 31.2 Å². The Bertz CT molecular complexity index is 427. The van der Waals surface area contributed by atoms with E-state index in [1.54, 1.807) is 0 Å². The second-order valence-electron chi connectivity index (χ2n) is 9.25. The van der Waals surface area contributed by atoms with Gasteiger partial charge in [0.05, 0.1) is 6.54 Å². The van der Waals surface area contributed by atoms with Crippen LogP contribution >= 0.6 is 0 Å². The fraction of sp³-hybridized carbons (Fsp3) is 0.947. The van der Waals surface area contributed by atoms with Crippen LogP contribution in [-0.4, -0.2) is 47.2 Å². The third kappa shape index (κ3) is 4.69. The Morgan fingerprint density at radius 2 is 1.96 bits per heavy atom. The van der Waals surface area contributed by atoms with Crippen molar-refractivity contribution in [3.8, 4) is 0 Å². The van der Waals surface area contributed by atoms with E-state index in [-0.39, 0.29) is 6.54 Å². The minimum atomic E-state index is -0.676. The van der Waals surface area contributed by atoms with Crippen molar-refractivity contribution in [2.75, 3.05) is 13.1 Å². The fourth-order valence-electron chi connectivity index (χ4n) is 4.67. The van der Waals surface area contributed by atoms with Crippen molar-refractivity contribution in [2.24, 2.45) is 17.3 Å². The van der Waals surface area contributed by atoms with Gasteiger partial charge in [-0.15, -0.1) is 0 Å². The van der Waals surface area contributed by atoms with Crippen LogP contribution in [0.15, 0.2) is 0 Å². The maximum Gasteiger partial charge on any atom is 0.317 e. The quantitative estimate of drug-likeness (QED) is 0.756. The number of hydrogen-bond donors (Lipinski definition) is 2. The molecule has 132 valence electrons. The van der Waals surface area contributed by atoms with Gasteiger partial charge in [-0.3, -0.25) is 9.69 Å². The zero-order valence-electron chi connectivity index (χ0n) is 15.1. The van der Waals surface area contributed by atoms with Crippen molar-refractivity contribution in [1.82, 2.24) is 10.2 Å². The summed E-state index contributed by atoms with van der Waals surface area (Å²) in [6.07, 6.45) is 8.76. The Morgan fingerprint density at radius 3 is 2.52 bits per heavy atom. The van der Waals surface area contributed by atoms with Gasteiger partial charge >= 0.3 is 5.97 Å². The lowest BCUT2D eigenvalue weighted by molar-refractivity contribution is -0.139. The molecular weight excluding hydrogens is 288 g/mol. The molecule has 0 aromatic heterocycles. The average Bonchev–Trinajstić information content (AvgIpc) is 3.17. The molecule has 0 amide bonds. The van der Waals surface area contributed by atoms with E-state index < -0.39 is 5.97 Å².